The molecule has 2 saturated carbocycles. The molecule has 0 radical (unpaired) electrons. The second-order valence-electron chi connectivity index (χ2n) is 8.01. The summed E-state index contributed by atoms with van der Waals surface area (Å²) >= 11 is 1.52. The number of fused-ring (bicyclic) bond motifs is 3. The fourth-order valence-corrected chi connectivity index (χ4v) is 5.85. The van der Waals surface area contributed by atoms with Gasteiger partial charge in [0.25, 0.3) is 0 Å². The molecule has 2 aliphatic rings. The van der Waals surface area contributed by atoms with E-state index >= 15 is 0 Å². The molecular weight excluding hydrogens is 358 g/mol. The Hall–Kier alpha value is -1.53. The van der Waals surface area contributed by atoms with E-state index in [4.69, 9.17) is 9.72 Å². The van der Waals surface area contributed by atoms with Crippen LogP contribution < -0.4 is 5.32 Å². The van der Waals surface area contributed by atoms with Crippen LogP contribution in [0.1, 0.15) is 32.6 Å². The van der Waals surface area contributed by atoms with Crippen LogP contribution in [-0.4, -0.2) is 41.0 Å². The lowest BCUT2D eigenvalue weighted by Gasteiger charge is -2.28. The molecule has 5 nitrogen and oxygen atoms in total. The molecular formula is C21H29N3O2S. The number of rotatable bonds is 8. The van der Waals surface area contributed by atoms with Gasteiger partial charge < -0.3 is 14.6 Å². The minimum absolute atomic E-state index is 0.112. The molecule has 6 heteroatoms. The van der Waals surface area contributed by atoms with E-state index in [1.165, 1.54) is 37.4 Å². The van der Waals surface area contributed by atoms with Crippen LogP contribution in [0.3, 0.4) is 0 Å². The van der Waals surface area contributed by atoms with Gasteiger partial charge in [-0.2, -0.15) is 0 Å². The average molecular weight is 388 g/mol. The lowest BCUT2D eigenvalue weighted by Crippen LogP contribution is -2.40. The van der Waals surface area contributed by atoms with Gasteiger partial charge >= 0.3 is 0 Å². The number of benzene rings is 1. The summed E-state index contributed by atoms with van der Waals surface area (Å²) in [5, 5.41) is 4.14. The Bertz CT molecular complexity index is 806. The fourth-order valence-electron chi connectivity index (χ4n) is 5.00. The Labute approximate surface area is 165 Å². The molecule has 1 aromatic carbocycles. The zero-order chi connectivity index (χ0) is 18.8. The monoisotopic (exact) mass is 387 g/mol. The molecule has 27 heavy (non-hydrogen) atoms. The van der Waals surface area contributed by atoms with Crippen molar-refractivity contribution in [2.45, 2.75) is 50.4 Å². The summed E-state index contributed by atoms with van der Waals surface area (Å²) in [4.78, 5) is 17.3. The first-order valence-electron chi connectivity index (χ1n) is 10.0. The second kappa shape index (κ2) is 8.23. The van der Waals surface area contributed by atoms with Gasteiger partial charge in [-0.15, -0.1) is 0 Å². The van der Waals surface area contributed by atoms with Crippen molar-refractivity contribution in [2.24, 2.45) is 17.8 Å². The molecule has 1 N–H and O–H groups in total. The summed E-state index contributed by atoms with van der Waals surface area (Å²) in [6.07, 6.45) is 5.43. The van der Waals surface area contributed by atoms with Gasteiger partial charge in [-0.05, 0) is 56.1 Å². The SMILES string of the molecule is COCCn1c(SCC(=O)N[C@@H](C)[C@@H]2C[C@H]3CC[C@H]2C3)nc2ccccc21. The summed E-state index contributed by atoms with van der Waals surface area (Å²) in [5.41, 5.74) is 2.06. The maximum Gasteiger partial charge on any atom is 0.230 e. The molecule has 0 unspecified atom stereocenters. The molecule has 0 aliphatic heterocycles. The maximum atomic E-state index is 12.5. The quantitative estimate of drug-likeness (QED) is 0.702. The first-order valence-corrected chi connectivity index (χ1v) is 11.0. The number of carbonyl (C=O) groups is 1. The third-order valence-electron chi connectivity index (χ3n) is 6.29. The number of hydrogen-bond acceptors (Lipinski definition) is 4. The average Bonchev–Trinajstić information content (AvgIpc) is 3.38. The van der Waals surface area contributed by atoms with Gasteiger partial charge in [-0.25, -0.2) is 4.98 Å². The van der Waals surface area contributed by atoms with Crippen LogP contribution >= 0.6 is 11.8 Å². The smallest absolute Gasteiger partial charge is 0.230 e. The summed E-state index contributed by atoms with van der Waals surface area (Å²) in [7, 11) is 1.70. The van der Waals surface area contributed by atoms with Gasteiger partial charge in [-0.3, -0.25) is 4.79 Å². The Kier molecular flexibility index (Phi) is 5.74. The zero-order valence-corrected chi connectivity index (χ0v) is 17.0. The van der Waals surface area contributed by atoms with Gasteiger partial charge in [0, 0.05) is 19.7 Å². The molecule has 146 valence electrons. The van der Waals surface area contributed by atoms with Crippen LogP contribution in [0.25, 0.3) is 11.0 Å². The van der Waals surface area contributed by atoms with Gasteiger partial charge in [0.2, 0.25) is 5.91 Å². The minimum Gasteiger partial charge on any atom is -0.383 e. The van der Waals surface area contributed by atoms with E-state index in [2.05, 4.69) is 22.9 Å². The van der Waals surface area contributed by atoms with Crippen LogP contribution in [0, 0.1) is 17.8 Å². The number of nitrogens with one attached hydrogen (secondary N) is 1. The number of nitrogens with zero attached hydrogens (tertiary/aromatic N) is 2. The number of hydrogen-bond donors (Lipinski definition) is 1. The van der Waals surface area contributed by atoms with E-state index in [1.807, 2.05) is 18.2 Å². The minimum atomic E-state index is 0.112. The Morgan fingerprint density at radius 1 is 1.37 bits per heavy atom. The number of ether oxygens (including phenoxy) is 1. The van der Waals surface area contributed by atoms with E-state index in [-0.39, 0.29) is 11.9 Å². The van der Waals surface area contributed by atoms with Crippen molar-refractivity contribution in [1.29, 1.82) is 0 Å². The third kappa shape index (κ3) is 4.02. The normalized spacial score (nSPS) is 25.2. The topological polar surface area (TPSA) is 56.1 Å². The molecule has 2 fully saturated rings. The molecule has 0 saturated heterocycles. The highest BCUT2D eigenvalue weighted by Crippen LogP contribution is 2.49. The van der Waals surface area contributed by atoms with Crippen LogP contribution in [-0.2, 0) is 16.1 Å². The molecule has 4 rings (SSSR count). The molecule has 2 aromatic rings. The number of amides is 1. The van der Waals surface area contributed by atoms with E-state index < -0.39 is 0 Å². The van der Waals surface area contributed by atoms with Gasteiger partial charge in [0.1, 0.15) is 0 Å². The molecule has 2 bridgehead atoms. The highest BCUT2D eigenvalue weighted by atomic mass is 32.2. The first-order chi connectivity index (χ1) is 13.2. The van der Waals surface area contributed by atoms with Crippen molar-refractivity contribution in [3.8, 4) is 0 Å². The summed E-state index contributed by atoms with van der Waals surface area (Å²) in [6, 6.07) is 8.37. The number of methoxy groups -OCH3 is 1. The number of para-hydroxylation sites is 2. The number of aromatic nitrogens is 2. The van der Waals surface area contributed by atoms with Crippen LogP contribution in [0.15, 0.2) is 29.4 Å². The Balaban J connectivity index is 1.37. The van der Waals surface area contributed by atoms with Gasteiger partial charge in [0.05, 0.1) is 23.4 Å². The lowest BCUT2D eigenvalue weighted by molar-refractivity contribution is -0.119. The van der Waals surface area contributed by atoms with Crippen LogP contribution in [0.4, 0.5) is 0 Å². The number of imidazole rings is 1. The van der Waals surface area contributed by atoms with Crippen molar-refractivity contribution in [1.82, 2.24) is 14.9 Å². The van der Waals surface area contributed by atoms with Gasteiger partial charge in [-0.1, -0.05) is 30.3 Å². The summed E-state index contributed by atoms with van der Waals surface area (Å²) < 4.78 is 7.39. The van der Waals surface area contributed by atoms with Crippen LogP contribution in [0.2, 0.25) is 0 Å². The van der Waals surface area contributed by atoms with E-state index in [9.17, 15) is 4.79 Å². The highest BCUT2D eigenvalue weighted by Gasteiger charge is 2.42. The second-order valence-corrected chi connectivity index (χ2v) is 8.95. The highest BCUT2D eigenvalue weighted by molar-refractivity contribution is 7.99. The Morgan fingerprint density at radius 3 is 2.96 bits per heavy atom. The molecule has 1 amide bonds. The molecule has 1 aromatic heterocycles. The van der Waals surface area contributed by atoms with Crippen LogP contribution in [0.5, 0.6) is 0 Å². The lowest BCUT2D eigenvalue weighted by atomic mass is 9.84. The molecule has 2 aliphatic carbocycles. The van der Waals surface area contributed by atoms with Crippen molar-refractivity contribution in [2.75, 3.05) is 19.5 Å². The number of carbonyl (C=O) groups excluding carboxylic acids is 1. The summed E-state index contributed by atoms with van der Waals surface area (Å²) in [6.45, 7) is 3.55. The van der Waals surface area contributed by atoms with Crippen molar-refractivity contribution in [3.05, 3.63) is 24.3 Å². The standard InChI is InChI=1S/C21H29N3O2S/c1-14(17-12-15-7-8-16(17)11-15)22-20(25)13-27-21-23-18-5-3-4-6-19(18)24(21)9-10-26-2/h3-6,14-17H,7-13H2,1-2H3,(H,22,25)/t14-,15-,16-,17-/m0/s1. The Morgan fingerprint density at radius 2 is 2.22 bits per heavy atom. The first kappa shape index (κ1) is 18.8. The largest absolute Gasteiger partial charge is 0.383 e. The maximum absolute atomic E-state index is 12.5. The molecule has 4 atom stereocenters. The van der Waals surface area contributed by atoms with E-state index in [1.54, 1.807) is 7.11 Å². The van der Waals surface area contributed by atoms with Crippen molar-refractivity contribution in [3.63, 3.8) is 0 Å². The van der Waals surface area contributed by atoms with Gasteiger partial charge in [0.15, 0.2) is 5.16 Å². The predicted octanol–water partition coefficient (Wildman–Crippen LogP) is 3.72. The number of thioether (sulfide) groups is 1. The zero-order valence-electron chi connectivity index (χ0n) is 16.2. The predicted molar refractivity (Wildman–Crippen MR) is 109 cm³/mol. The summed E-state index contributed by atoms with van der Waals surface area (Å²) in [5.74, 6) is 2.93. The third-order valence-corrected chi connectivity index (χ3v) is 7.27. The fraction of sp³-hybridized carbons (Fsp3) is 0.619. The van der Waals surface area contributed by atoms with E-state index in [0.717, 1.165) is 34.6 Å². The molecule has 1 heterocycles. The van der Waals surface area contributed by atoms with Crippen molar-refractivity contribution < 1.29 is 9.53 Å². The molecule has 0 spiro atoms. The van der Waals surface area contributed by atoms with Crippen molar-refractivity contribution >= 4 is 28.7 Å². The van der Waals surface area contributed by atoms with E-state index in [0.29, 0.717) is 18.3 Å².